The first-order chi connectivity index (χ1) is 11.1. The number of nitrogens with one attached hydrogen (secondary N) is 1. The molecule has 1 aromatic heterocycles. The molecule has 4 nitrogen and oxygen atoms in total. The molecule has 0 bridgehead atoms. The van der Waals surface area contributed by atoms with Crippen LogP contribution >= 0.6 is 11.3 Å². The molecule has 2 atom stereocenters. The van der Waals surface area contributed by atoms with Crippen molar-refractivity contribution in [2.45, 2.75) is 36.7 Å². The van der Waals surface area contributed by atoms with Crippen LogP contribution in [0.3, 0.4) is 0 Å². The van der Waals surface area contributed by atoms with Crippen LogP contribution in [0.5, 0.6) is 0 Å². The van der Waals surface area contributed by atoms with E-state index in [9.17, 15) is 8.42 Å². The standard InChI is InChI=1S/C17H22N2O2S2/c1-14(18-23(20,21)15-8-3-2-4-9-15)17(16-10-7-13-22-16)19-11-5-6-12-19/h2-4,7-10,13-14,17-18H,5-6,11-12H2,1H3/t14-,17-/m1/s1. The Morgan fingerprint density at radius 3 is 2.39 bits per heavy atom. The second-order valence-electron chi connectivity index (χ2n) is 5.93. The van der Waals surface area contributed by atoms with Crippen LogP contribution < -0.4 is 4.72 Å². The molecule has 0 unspecified atom stereocenters. The number of thiophene rings is 1. The molecule has 1 fully saturated rings. The smallest absolute Gasteiger partial charge is 0.240 e. The Morgan fingerprint density at radius 1 is 1.09 bits per heavy atom. The van der Waals surface area contributed by atoms with Crippen molar-refractivity contribution >= 4 is 21.4 Å². The van der Waals surface area contributed by atoms with Crippen LogP contribution in [-0.2, 0) is 10.0 Å². The second kappa shape index (κ2) is 7.13. The number of nitrogens with zero attached hydrogens (tertiary/aromatic N) is 1. The average Bonchev–Trinajstić information content (AvgIpc) is 3.22. The van der Waals surface area contributed by atoms with Crippen LogP contribution in [0.15, 0.2) is 52.7 Å². The van der Waals surface area contributed by atoms with Crippen molar-refractivity contribution in [1.29, 1.82) is 0 Å². The molecule has 1 aliphatic rings. The van der Waals surface area contributed by atoms with Gasteiger partial charge in [0, 0.05) is 10.9 Å². The zero-order chi connectivity index (χ0) is 16.3. The van der Waals surface area contributed by atoms with E-state index in [0.29, 0.717) is 4.90 Å². The van der Waals surface area contributed by atoms with E-state index in [1.165, 1.54) is 17.7 Å². The maximum absolute atomic E-state index is 12.6. The fourth-order valence-corrected chi connectivity index (χ4v) is 5.43. The Balaban J connectivity index is 1.82. The van der Waals surface area contributed by atoms with Crippen LogP contribution in [0.2, 0.25) is 0 Å². The topological polar surface area (TPSA) is 49.4 Å². The molecule has 2 aromatic rings. The first-order valence-electron chi connectivity index (χ1n) is 7.93. The van der Waals surface area contributed by atoms with Crippen LogP contribution in [0.25, 0.3) is 0 Å². The van der Waals surface area contributed by atoms with Gasteiger partial charge in [-0.15, -0.1) is 11.3 Å². The van der Waals surface area contributed by atoms with Crippen molar-refractivity contribution < 1.29 is 8.42 Å². The normalized spacial score (nSPS) is 18.8. The summed E-state index contributed by atoms with van der Waals surface area (Å²) in [5, 5.41) is 2.05. The number of likely N-dealkylation sites (tertiary alicyclic amines) is 1. The van der Waals surface area contributed by atoms with Crippen molar-refractivity contribution in [1.82, 2.24) is 9.62 Å². The van der Waals surface area contributed by atoms with E-state index in [1.54, 1.807) is 35.6 Å². The number of benzene rings is 1. The van der Waals surface area contributed by atoms with E-state index >= 15 is 0 Å². The third-order valence-corrected chi connectivity index (χ3v) is 6.75. The van der Waals surface area contributed by atoms with Gasteiger partial charge >= 0.3 is 0 Å². The van der Waals surface area contributed by atoms with Gasteiger partial charge in [0.2, 0.25) is 10.0 Å². The Kier molecular flexibility index (Phi) is 5.16. The summed E-state index contributed by atoms with van der Waals surface area (Å²) in [5.74, 6) is 0. The number of rotatable bonds is 6. The van der Waals surface area contributed by atoms with Gasteiger partial charge in [0.05, 0.1) is 10.9 Å². The fraction of sp³-hybridized carbons (Fsp3) is 0.412. The quantitative estimate of drug-likeness (QED) is 0.870. The Morgan fingerprint density at radius 2 is 1.78 bits per heavy atom. The van der Waals surface area contributed by atoms with Crippen LogP contribution in [-0.4, -0.2) is 32.4 Å². The molecular formula is C17H22N2O2S2. The van der Waals surface area contributed by atoms with Gasteiger partial charge in [-0.25, -0.2) is 13.1 Å². The van der Waals surface area contributed by atoms with Crippen LogP contribution in [0.4, 0.5) is 0 Å². The Bertz CT molecular complexity index is 708. The minimum atomic E-state index is -3.50. The third kappa shape index (κ3) is 3.83. The summed E-state index contributed by atoms with van der Waals surface area (Å²) in [4.78, 5) is 3.93. The van der Waals surface area contributed by atoms with Gasteiger partial charge in [-0.3, -0.25) is 4.90 Å². The molecule has 1 aliphatic heterocycles. The summed E-state index contributed by atoms with van der Waals surface area (Å²) in [6.45, 7) is 4.02. The van der Waals surface area contributed by atoms with E-state index in [0.717, 1.165) is 13.1 Å². The SMILES string of the molecule is C[C@@H](NS(=O)(=O)c1ccccc1)[C@H](c1cccs1)N1CCCC1. The molecule has 1 saturated heterocycles. The Hall–Kier alpha value is -1.21. The van der Waals surface area contributed by atoms with E-state index < -0.39 is 10.0 Å². The lowest BCUT2D eigenvalue weighted by atomic mass is 10.1. The van der Waals surface area contributed by atoms with E-state index in [-0.39, 0.29) is 12.1 Å². The van der Waals surface area contributed by atoms with Gasteiger partial charge in [0.25, 0.3) is 0 Å². The molecule has 1 N–H and O–H groups in total. The number of sulfonamides is 1. The highest BCUT2D eigenvalue weighted by molar-refractivity contribution is 7.89. The van der Waals surface area contributed by atoms with Crippen LogP contribution in [0.1, 0.15) is 30.7 Å². The molecule has 2 heterocycles. The third-order valence-electron chi connectivity index (χ3n) is 4.24. The van der Waals surface area contributed by atoms with E-state index in [2.05, 4.69) is 21.1 Å². The minimum absolute atomic E-state index is 0.0935. The van der Waals surface area contributed by atoms with Gasteiger partial charge in [-0.2, -0.15) is 0 Å². The minimum Gasteiger partial charge on any atom is -0.294 e. The highest BCUT2D eigenvalue weighted by Gasteiger charge is 2.31. The van der Waals surface area contributed by atoms with Crippen molar-refractivity contribution in [3.63, 3.8) is 0 Å². The van der Waals surface area contributed by atoms with Gasteiger partial charge in [-0.1, -0.05) is 24.3 Å². The molecular weight excluding hydrogens is 328 g/mol. The summed E-state index contributed by atoms with van der Waals surface area (Å²) in [6.07, 6.45) is 2.36. The number of hydrogen-bond donors (Lipinski definition) is 1. The van der Waals surface area contributed by atoms with E-state index in [1.807, 2.05) is 19.1 Å². The lowest BCUT2D eigenvalue weighted by molar-refractivity contribution is 0.215. The fourth-order valence-electron chi connectivity index (χ4n) is 3.20. The summed E-state index contributed by atoms with van der Waals surface area (Å²) >= 11 is 1.69. The van der Waals surface area contributed by atoms with Crippen molar-refractivity contribution in [3.8, 4) is 0 Å². The molecule has 0 saturated carbocycles. The Labute approximate surface area is 142 Å². The molecule has 0 amide bonds. The summed E-state index contributed by atoms with van der Waals surface area (Å²) in [6, 6.07) is 12.6. The summed E-state index contributed by atoms with van der Waals surface area (Å²) < 4.78 is 28.1. The maximum Gasteiger partial charge on any atom is 0.240 e. The highest BCUT2D eigenvalue weighted by Crippen LogP contribution is 2.31. The molecule has 23 heavy (non-hydrogen) atoms. The first kappa shape index (κ1) is 16.6. The van der Waals surface area contributed by atoms with Crippen molar-refractivity contribution in [3.05, 3.63) is 52.7 Å². The summed E-state index contributed by atoms with van der Waals surface area (Å²) in [7, 11) is -3.50. The maximum atomic E-state index is 12.6. The van der Waals surface area contributed by atoms with E-state index in [4.69, 9.17) is 0 Å². The molecule has 1 aromatic carbocycles. The lowest BCUT2D eigenvalue weighted by Gasteiger charge is -2.32. The van der Waals surface area contributed by atoms with Crippen LogP contribution in [0, 0.1) is 0 Å². The van der Waals surface area contributed by atoms with Gasteiger partial charge < -0.3 is 0 Å². The molecule has 0 spiro atoms. The van der Waals surface area contributed by atoms with Gasteiger partial charge in [-0.05, 0) is 56.4 Å². The van der Waals surface area contributed by atoms with Crippen molar-refractivity contribution in [2.75, 3.05) is 13.1 Å². The molecule has 3 rings (SSSR count). The molecule has 0 radical (unpaired) electrons. The zero-order valence-electron chi connectivity index (χ0n) is 13.2. The number of hydrogen-bond acceptors (Lipinski definition) is 4. The first-order valence-corrected chi connectivity index (χ1v) is 10.3. The lowest BCUT2D eigenvalue weighted by Crippen LogP contribution is -2.43. The largest absolute Gasteiger partial charge is 0.294 e. The van der Waals surface area contributed by atoms with Gasteiger partial charge in [0.1, 0.15) is 0 Å². The predicted molar refractivity (Wildman–Crippen MR) is 94.1 cm³/mol. The molecule has 0 aliphatic carbocycles. The highest BCUT2D eigenvalue weighted by atomic mass is 32.2. The molecule has 6 heteroatoms. The summed E-state index contributed by atoms with van der Waals surface area (Å²) in [5.41, 5.74) is 0. The predicted octanol–water partition coefficient (Wildman–Crippen LogP) is 3.25. The molecule has 124 valence electrons. The average molecular weight is 351 g/mol. The van der Waals surface area contributed by atoms with Gasteiger partial charge in [0.15, 0.2) is 0 Å². The zero-order valence-corrected chi connectivity index (χ0v) is 14.8. The van der Waals surface area contributed by atoms with Crippen molar-refractivity contribution in [2.24, 2.45) is 0 Å². The monoisotopic (exact) mass is 350 g/mol. The second-order valence-corrected chi connectivity index (χ2v) is 8.62.